The van der Waals surface area contributed by atoms with E-state index >= 15 is 0 Å². The van der Waals surface area contributed by atoms with E-state index in [1.54, 1.807) is 0 Å². The van der Waals surface area contributed by atoms with E-state index in [9.17, 15) is 0 Å². The van der Waals surface area contributed by atoms with E-state index in [1.807, 2.05) is 0 Å². The van der Waals surface area contributed by atoms with Gasteiger partial charge in [-0.05, 0) is 120 Å². The first-order chi connectivity index (χ1) is 26.8. The second-order valence-corrected chi connectivity index (χ2v) is 14.1. The van der Waals surface area contributed by atoms with Gasteiger partial charge in [-0.3, -0.25) is 0 Å². The van der Waals surface area contributed by atoms with Crippen LogP contribution in [0.15, 0.2) is 205 Å². The van der Waals surface area contributed by atoms with E-state index < -0.39 is 0 Å². The molecule has 252 valence electrons. The number of hydrogen-bond donors (Lipinski definition) is 0. The number of anilines is 3. The molecule has 1 aromatic heterocycles. The summed E-state index contributed by atoms with van der Waals surface area (Å²) in [6.07, 6.45) is 0. The highest BCUT2D eigenvalue weighted by Crippen LogP contribution is 2.43. The Bertz CT molecular complexity index is 3200. The van der Waals surface area contributed by atoms with E-state index in [-0.39, 0.29) is 0 Å². The third-order valence-electron chi connectivity index (χ3n) is 11.0. The van der Waals surface area contributed by atoms with Crippen LogP contribution < -0.4 is 4.90 Å². The van der Waals surface area contributed by atoms with Crippen molar-refractivity contribution in [1.82, 2.24) is 0 Å². The number of nitrogens with zero attached hydrogens (tertiary/aromatic N) is 1. The van der Waals surface area contributed by atoms with Gasteiger partial charge in [-0.25, -0.2) is 0 Å². The molecule has 0 saturated carbocycles. The van der Waals surface area contributed by atoms with Gasteiger partial charge in [0, 0.05) is 27.8 Å². The fraction of sp³-hybridized carbons (Fsp3) is 0. The lowest BCUT2D eigenvalue weighted by atomic mass is 9.90. The molecule has 0 spiro atoms. The van der Waals surface area contributed by atoms with Gasteiger partial charge < -0.3 is 9.32 Å². The predicted molar refractivity (Wildman–Crippen MR) is 229 cm³/mol. The zero-order valence-electron chi connectivity index (χ0n) is 29.4. The van der Waals surface area contributed by atoms with Crippen LogP contribution in [0.25, 0.3) is 87.3 Å². The van der Waals surface area contributed by atoms with Crippen LogP contribution in [0.2, 0.25) is 0 Å². The van der Waals surface area contributed by atoms with Crippen LogP contribution in [0.1, 0.15) is 0 Å². The van der Waals surface area contributed by atoms with Crippen molar-refractivity contribution in [2.75, 3.05) is 4.90 Å². The quantitative estimate of drug-likeness (QED) is 0.168. The smallest absolute Gasteiger partial charge is 0.136 e. The molecule has 11 aromatic rings. The first-order valence-corrected chi connectivity index (χ1v) is 18.5. The standard InChI is InChI=1S/C52H33NO/c1-2-11-34(12-3-1)38-16-10-17-41(31-38)53(42-27-30-49-48(33-42)52-44-19-8-5-14-36(44)24-29-50(52)54-49)40-25-21-37(22-26-40)47-32-39-15-6-9-20-45(39)51-43-18-7-4-13-35(43)23-28-46(47)51/h1-33H. The molecule has 54 heavy (non-hydrogen) atoms. The van der Waals surface area contributed by atoms with Crippen LogP contribution in [-0.4, -0.2) is 0 Å². The molecular formula is C52H33NO. The van der Waals surface area contributed by atoms with E-state index in [1.165, 1.54) is 65.3 Å². The maximum atomic E-state index is 6.42. The number of hydrogen-bond acceptors (Lipinski definition) is 2. The lowest BCUT2D eigenvalue weighted by molar-refractivity contribution is 0.669. The van der Waals surface area contributed by atoms with E-state index in [2.05, 4.69) is 205 Å². The molecule has 1 heterocycles. The van der Waals surface area contributed by atoms with E-state index in [0.29, 0.717) is 0 Å². The lowest BCUT2D eigenvalue weighted by Crippen LogP contribution is -2.10. The van der Waals surface area contributed by atoms with Gasteiger partial charge in [-0.2, -0.15) is 0 Å². The summed E-state index contributed by atoms with van der Waals surface area (Å²) in [5.74, 6) is 0. The van der Waals surface area contributed by atoms with Crippen molar-refractivity contribution in [2.45, 2.75) is 0 Å². The minimum atomic E-state index is 0.883. The molecule has 0 saturated heterocycles. The van der Waals surface area contributed by atoms with Gasteiger partial charge in [0.1, 0.15) is 11.2 Å². The average molecular weight is 688 g/mol. The summed E-state index contributed by atoms with van der Waals surface area (Å²) >= 11 is 0. The molecule has 0 aliphatic heterocycles. The van der Waals surface area contributed by atoms with Crippen molar-refractivity contribution in [2.24, 2.45) is 0 Å². The van der Waals surface area contributed by atoms with Crippen molar-refractivity contribution >= 4 is 82.1 Å². The number of rotatable bonds is 5. The SMILES string of the molecule is c1ccc(-c2cccc(N(c3ccc(-c4cc5ccccc5c5c4ccc4ccccc45)cc3)c3ccc4oc5ccc6ccccc6c5c4c3)c2)cc1. The fourth-order valence-corrected chi connectivity index (χ4v) is 8.48. The van der Waals surface area contributed by atoms with Crippen LogP contribution in [0.5, 0.6) is 0 Å². The van der Waals surface area contributed by atoms with Crippen molar-refractivity contribution in [3.8, 4) is 22.3 Å². The molecule has 10 aromatic carbocycles. The Morgan fingerprint density at radius 1 is 0.296 bits per heavy atom. The van der Waals surface area contributed by atoms with Crippen LogP contribution in [-0.2, 0) is 0 Å². The van der Waals surface area contributed by atoms with Gasteiger partial charge in [-0.15, -0.1) is 0 Å². The van der Waals surface area contributed by atoms with Crippen molar-refractivity contribution in [3.63, 3.8) is 0 Å². The maximum Gasteiger partial charge on any atom is 0.136 e. The molecular weight excluding hydrogens is 655 g/mol. The first-order valence-electron chi connectivity index (χ1n) is 18.5. The predicted octanol–water partition coefficient (Wildman–Crippen LogP) is 15.0. The van der Waals surface area contributed by atoms with Gasteiger partial charge in [0.25, 0.3) is 0 Å². The van der Waals surface area contributed by atoms with Gasteiger partial charge in [0.05, 0.1) is 0 Å². The highest BCUT2D eigenvalue weighted by Gasteiger charge is 2.18. The summed E-state index contributed by atoms with van der Waals surface area (Å²) in [4.78, 5) is 2.37. The minimum Gasteiger partial charge on any atom is -0.456 e. The zero-order valence-corrected chi connectivity index (χ0v) is 29.4. The van der Waals surface area contributed by atoms with E-state index in [0.717, 1.165) is 39.0 Å². The molecule has 0 unspecified atom stereocenters. The van der Waals surface area contributed by atoms with E-state index in [4.69, 9.17) is 4.42 Å². The summed E-state index contributed by atoms with van der Waals surface area (Å²) < 4.78 is 6.42. The molecule has 0 atom stereocenters. The highest BCUT2D eigenvalue weighted by atomic mass is 16.3. The Kier molecular flexibility index (Phi) is 6.90. The Morgan fingerprint density at radius 2 is 0.889 bits per heavy atom. The molecule has 0 bridgehead atoms. The largest absolute Gasteiger partial charge is 0.456 e. The molecule has 0 aliphatic rings. The monoisotopic (exact) mass is 687 g/mol. The molecule has 0 N–H and O–H groups in total. The van der Waals surface area contributed by atoms with Gasteiger partial charge in [0.2, 0.25) is 0 Å². The lowest BCUT2D eigenvalue weighted by Gasteiger charge is -2.26. The molecule has 0 aliphatic carbocycles. The number of fused-ring (bicyclic) bond motifs is 10. The Balaban J connectivity index is 1.11. The van der Waals surface area contributed by atoms with Gasteiger partial charge in [-0.1, -0.05) is 146 Å². The van der Waals surface area contributed by atoms with Gasteiger partial charge >= 0.3 is 0 Å². The van der Waals surface area contributed by atoms with Crippen molar-refractivity contribution in [3.05, 3.63) is 200 Å². The van der Waals surface area contributed by atoms with Gasteiger partial charge in [0.15, 0.2) is 0 Å². The molecule has 0 radical (unpaired) electrons. The molecule has 11 rings (SSSR count). The van der Waals surface area contributed by atoms with Crippen molar-refractivity contribution < 1.29 is 4.42 Å². The summed E-state index contributed by atoms with van der Waals surface area (Å²) in [5.41, 5.74) is 9.80. The average Bonchev–Trinajstić information content (AvgIpc) is 3.63. The minimum absolute atomic E-state index is 0.883. The summed E-state index contributed by atoms with van der Waals surface area (Å²) in [7, 11) is 0. The maximum absolute atomic E-state index is 6.42. The van der Waals surface area contributed by atoms with Crippen molar-refractivity contribution in [1.29, 1.82) is 0 Å². The second-order valence-electron chi connectivity index (χ2n) is 14.1. The zero-order chi connectivity index (χ0) is 35.6. The number of furan rings is 1. The van der Waals surface area contributed by atoms with Crippen LogP contribution in [0.4, 0.5) is 17.1 Å². The molecule has 0 fully saturated rings. The van der Waals surface area contributed by atoms with Crippen LogP contribution >= 0.6 is 0 Å². The topological polar surface area (TPSA) is 16.4 Å². The summed E-state index contributed by atoms with van der Waals surface area (Å²) in [6, 6.07) is 72.3. The fourth-order valence-electron chi connectivity index (χ4n) is 8.48. The normalized spacial score (nSPS) is 11.7. The molecule has 0 amide bonds. The second kappa shape index (κ2) is 12.2. The third-order valence-corrected chi connectivity index (χ3v) is 11.0. The Labute approximate surface area is 312 Å². The molecule has 2 heteroatoms. The first kappa shape index (κ1) is 30.5. The van der Waals surface area contributed by atoms with Crippen LogP contribution in [0, 0.1) is 0 Å². The van der Waals surface area contributed by atoms with Crippen LogP contribution in [0.3, 0.4) is 0 Å². The Morgan fingerprint density at radius 3 is 1.67 bits per heavy atom. The highest BCUT2D eigenvalue weighted by molar-refractivity contribution is 6.24. The third kappa shape index (κ3) is 4.88. The summed E-state index contributed by atoms with van der Waals surface area (Å²) in [5, 5.41) is 12.3. The molecule has 2 nitrogen and oxygen atoms in total. The Hall–Kier alpha value is -7.16. The number of benzene rings is 10. The summed E-state index contributed by atoms with van der Waals surface area (Å²) in [6.45, 7) is 0.